The lowest BCUT2D eigenvalue weighted by Gasteiger charge is -2.31. The first-order valence-corrected chi connectivity index (χ1v) is 9.33. The zero-order chi connectivity index (χ0) is 17.2. The fourth-order valence-corrected chi connectivity index (χ4v) is 3.85. The van der Waals surface area contributed by atoms with Gasteiger partial charge in [0.2, 0.25) is 0 Å². The largest absolute Gasteiger partial charge is 0.340 e. The minimum absolute atomic E-state index is 0.0671. The van der Waals surface area contributed by atoms with E-state index in [1.165, 1.54) is 11.3 Å². The molecule has 0 saturated carbocycles. The Bertz CT molecular complexity index is 748. The molecule has 4 nitrogen and oxygen atoms in total. The summed E-state index contributed by atoms with van der Waals surface area (Å²) in [5.41, 5.74) is 4.27. The lowest BCUT2D eigenvalue weighted by atomic mass is 9.99. The predicted molar refractivity (Wildman–Crippen MR) is 100 cm³/mol. The number of pyridine rings is 1. The molecule has 4 heteroatoms. The number of piperidine rings is 1. The van der Waals surface area contributed by atoms with Crippen molar-refractivity contribution >= 4 is 17.3 Å². The third-order valence-electron chi connectivity index (χ3n) is 5.46. The lowest BCUT2D eigenvalue weighted by molar-refractivity contribution is 0.0691. The number of amides is 1. The number of likely N-dealkylation sites (tertiary alicyclic amines) is 1. The van der Waals surface area contributed by atoms with Crippen LogP contribution in [0.5, 0.6) is 0 Å². The average molecular weight is 335 g/mol. The molecule has 0 aliphatic carbocycles. The third-order valence-corrected chi connectivity index (χ3v) is 5.46. The van der Waals surface area contributed by atoms with Gasteiger partial charge in [-0.3, -0.25) is 4.79 Å². The topological polar surface area (TPSA) is 36.4 Å². The van der Waals surface area contributed by atoms with Gasteiger partial charge < -0.3 is 9.80 Å². The molecule has 130 valence electrons. The number of aryl methyl sites for hydroxylation is 1. The summed E-state index contributed by atoms with van der Waals surface area (Å²) in [7, 11) is 0. The molecule has 0 atom stereocenters. The summed E-state index contributed by atoms with van der Waals surface area (Å²) in [4.78, 5) is 21.4. The summed E-state index contributed by atoms with van der Waals surface area (Å²) in [6.45, 7) is 4.95. The number of carbonyl (C=O) groups excluding carboxylic acids is 1. The van der Waals surface area contributed by atoms with Crippen LogP contribution in [0.15, 0.2) is 42.6 Å². The zero-order valence-electron chi connectivity index (χ0n) is 14.8. The fraction of sp³-hybridized carbons (Fsp3) is 0.429. The second-order valence-corrected chi connectivity index (χ2v) is 7.26. The molecule has 1 amide bonds. The van der Waals surface area contributed by atoms with Gasteiger partial charge in [0.15, 0.2) is 0 Å². The van der Waals surface area contributed by atoms with Gasteiger partial charge in [0.05, 0.1) is 11.9 Å². The van der Waals surface area contributed by atoms with Gasteiger partial charge >= 0.3 is 0 Å². The molecule has 3 heterocycles. The second kappa shape index (κ2) is 6.87. The van der Waals surface area contributed by atoms with E-state index in [0.29, 0.717) is 5.69 Å². The number of hydrogen-bond acceptors (Lipinski definition) is 3. The van der Waals surface area contributed by atoms with E-state index in [-0.39, 0.29) is 5.91 Å². The van der Waals surface area contributed by atoms with Gasteiger partial charge in [-0.2, -0.15) is 0 Å². The van der Waals surface area contributed by atoms with E-state index >= 15 is 0 Å². The monoisotopic (exact) mass is 335 g/mol. The van der Waals surface area contributed by atoms with Crippen molar-refractivity contribution in [3.63, 3.8) is 0 Å². The molecular weight excluding hydrogens is 310 g/mol. The van der Waals surface area contributed by atoms with E-state index in [1.807, 2.05) is 23.2 Å². The highest BCUT2D eigenvalue weighted by Gasteiger charge is 2.23. The fourth-order valence-electron chi connectivity index (χ4n) is 3.85. The first-order chi connectivity index (χ1) is 12.2. The normalized spacial score (nSPS) is 18.1. The van der Waals surface area contributed by atoms with Crippen LogP contribution in [0, 0.1) is 5.92 Å². The molecule has 1 aromatic heterocycles. The van der Waals surface area contributed by atoms with Crippen LogP contribution in [0.1, 0.15) is 42.2 Å². The Hall–Kier alpha value is -2.36. The third kappa shape index (κ3) is 3.26. The summed E-state index contributed by atoms with van der Waals surface area (Å²) >= 11 is 0. The molecule has 2 aliphatic heterocycles. The predicted octanol–water partition coefficient (Wildman–Crippen LogP) is 4.04. The molecule has 4 rings (SSSR count). The van der Waals surface area contributed by atoms with Crippen molar-refractivity contribution in [2.45, 2.75) is 32.6 Å². The van der Waals surface area contributed by atoms with Crippen molar-refractivity contribution in [1.29, 1.82) is 0 Å². The van der Waals surface area contributed by atoms with Crippen LogP contribution in [0.2, 0.25) is 0 Å². The molecule has 1 saturated heterocycles. The SMILES string of the molecule is CC1CCN(C(=O)c2ccc(N3CCCc4ccccc43)cn2)CC1. The summed E-state index contributed by atoms with van der Waals surface area (Å²) in [5.74, 6) is 0.788. The van der Waals surface area contributed by atoms with E-state index in [9.17, 15) is 4.79 Å². The Balaban J connectivity index is 1.52. The highest BCUT2D eigenvalue weighted by molar-refractivity contribution is 5.92. The second-order valence-electron chi connectivity index (χ2n) is 7.26. The maximum atomic E-state index is 12.6. The molecule has 0 unspecified atom stereocenters. The Labute approximate surface area is 149 Å². The maximum absolute atomic E-state index is 12.6. The highest BCUT2D eigenvalue weighted by Crippen LogP contribution is 2.32. The molecule has 0 spiro atoms. The van der Waals surface area contributed by atoms with Gasteiger partial charge in [0.25, 0.3) is 5.91 Å². The van der Waals surface area contributed by atoms with E-state index in [4.69, 9.17) is 0 Å². The van der Waals surface area contributed by atoms with Gasteiger partial charge in [-0.05, 0) is 55.4 Å². The van der Waals surface area contributed by atoms with E-state index in [1.54, 1.807) is 0 Å². The Kier molecular flexibility index (Phi) is 4.43. The molecular formula is C21H25N3O. The number of carbonyl (C=O) groups is 1. The van der Waals surface area contributed by atoms with Gasteiger partial charge in [0, 0.05) is 25.3 Å². The van der Waals surface area contributed by atoms with Crippen molar-refractivity contribution in [3.8, 4) is 0 Å². The van der Waals surface area contributed by atoms with Gasteiger partial charge in [-0.15, -0.1) is 0 Å². The average Bonchev–Trinajstić information content (AvgIpc) is 2.68. The first-order valence-electron chi connectivity index (χ1n) is 9.33. The minimum atomic E-state index is 0.0671. The van der Waals surface area contributed by atoms with Crippen molar-refractivity contribution in [3.05, 3.63) is 53.9 Å². The zero-order valence-corrected chi connectivity index (χ0v) is 14.8. The number of para-hydroxylation sites is 1. The molecule has 0 radical (unpaired) electrons. The number of nitrogens with zero attached hydrogens (tertiary/aromatic N) is 3. The number of rotatable bonds is 2. The molecule has 2 aliphatic rings. The molecule has 1 fully saturated rings. The number of fused-ring (bicyclic) bond motifs is 1. The van der Waals surface area contributed by atoms with E-state index in [2.05, 4.69) is 41.1 Å². The first kappa shape index (κ1) is 16.1. The standard InChI is InChI=1S/C21H25N3O/c1-16-10-13-23(14-11-16)21(25)19-9-8-18(15-22-19)24-12-4-6-17-5-2-3-7-20(17)24/h2-3,5,7-9,15-16H,4,6,10-14H2,1H3. The summed E-state index contributed by atoms with van der Waals surface area (Å²) in [6, 6.07) is 12.5. The number of benzene rings is 1. The van der Waals surface area contributed by atoms with Crippen molar-refractivity contribution < 1.29 is 4.79 Å². The maximum Gasteiger partial charge on any atom is 0.272 e. The summed E-state index contributed by atoms with van der Waals surface area (Å²) in [6.07, 6.45) is 6.30. The van der Waals surface area contributed by atoms with E-state index < -0.39 is 0 Å². The number of anilines is 2. The number of aromatic nitrogens is 1. The number of hydrogen-bond donors (Lipinski definition) is 0. The van der Waals surface area contributed by atoms with Crippen molar-refractivity contribution in [2.24, 2.45) is 5.92 Å². The molecule has 0 bridgehead atoms. The van der Waals surface area contributed by atoms with Crippen molar-refractivity contribution in [2.75, 3.05) is 24.5 Å². The Morgan fingerprint density at radius 3 is 2.64 bits per heavy atom. The van der Waals surface area contributed by atoms with Crippen LogP contribution in [0.4, 0.5) is 11.4 Å². The minimum Gasteiger partial charge on any atom is -0.340 e. The highest BCUT2D eigenvalue weighted by atomic mass is 16.2. The van der Waals surface area contributed by atoms with Crippen LogP contribution in [0.3, 0.4) is 0 Å². The van der Waals surface area contributed by atoms with Crippen LogP contribution >= 0.6 is 0 Å². The van der Waals surface area contributed by atoms with Crippen LogP contribution in [-0.2, 0) is 6.42 Å². The van der Waals surface area contributed by atoms with E-state index in [0.717, 1.165) is 56.9 Å². The van der Waals surface area contributed by atoms with Crippen LogP contribution in [-0.4, -0.2) is 35.4 Å². The smallest absolute Gasteiger partial charge is 0.272 e. The Morgan fingerprint density at radius 2 is 1.88 bits per heavy atom. The lowest BCUT2D eigenvalue weighted by Crippen LogP contribution is -2.38. The molecule has 2 aromatic rings. The molecule has 0 N–H and O–H groups in total. The Morgan fingerprint density at radius 1 is 1.08 bits per heavy atom. The van der Waals surface area contributed by atoms with Gasteiger partial charge in [-0.25, -0.2) is 4.98 Å². The quantitative estimate of drug-likeness (QED) is 0.831. The van der Waals surface area contributed by atoms with Gasteiger partial charge in [0.1, 0.15) is 5.69 Å². The van der Waals surface area contributed by atoms with Crippen LogP contribution < -0.4 is 4.90 Å². The van der Waals surface area contributed by atoms with Gasteiger partial charge in [-0.1, -0.05) is 25.1 Å². The molecule has 25 heavy (non-hydrogen) atoms. The summed E-state index contributed by atoms with van der Waals surface area (Å²) in [5, 5.41) is 0. The van der Waals surface area contributed by atoms with Crippen molar-refractivity contribution in [1.82, 2.24) is 9.88 Å². The summed E-state index contributed by atoms with van der Waals surface area (Å²) < 4.78 is 0. The molecule has 1 aromatic carbocycles. The van der Waals surface area contributed by atoms with Crippen LogP contribution in [0.25, 0.3) is 0 Å².